The van der Waals surface area contributed by atoms with Crippen LogP contribution >= 0.6 is 23.4 Å². The molecule has 0 radical (unpaired) electrons. The third kappa shape index (κ3) is 6.68. The molecule has 3 amide bonds. The Kier molecular flexibility index (Phi) is 8.65. The third-order valence-corrected chi connectivity index (χ3v) is 8.35. The van der Waals surface area contributed by atoms with Crippen molar-refractivity contribution < 1.29 is 37.0 Å². The summed E-state index contributed by atoms with van der Waals surface area (Å²) in [4.78, 5) is 41.7. The number of hydrogen-bond acceptors (Lipinski definition) is 7. The van der Waals surface area contributed by atoms with Crippen LogP contribution in [-0.4, -0.2) is 68.7 Å². The first-order chi connectivity index (χ1) is 20.6. The van der Waals surface area contributed by atoms with E-state index in [1.807, 2.05) is 0 Å². The van der Waals surface area contributed by atoms with Gasteiger partial charge in [-0.15, -0.1) is 5.10 Å². The molecule has 2 fully saturated rings. The molecule has 2 aromatic carbocycles. The maximum Gasteiger partial charge on any atom is 0.416 e. The van der Waals surface area contributed by atoms with Gasteiger partial charge in [-0.2, -0.15) is 13.2 Å². The van der Waals surface area contributed by atoms with Crippen LogP contribution < -0.4 is 4.74 Å². The Morgan fingerprint density at radius 1 is 1.11 bits per heavy atom. The molecule has 1 aromatic heterocycles. The van der Waals surface area contributed by atoms with E-state index in [-0.39, 0.29) is 39.2 Å². The van der Waals surface area contributed by atoms with Gasteiger partial charge in [-0.3, -0.25) is 19.2 Å². The third-order valence-electron chi connectivity index (χ3n) is 7.23. The van der Waals surface area contributed by atoms with E-state index in [1.165, 1.54) is 28.8 Å². The van der Waals surface area contributed by atoms with Crippen molar-refractivity contribution in [2.24, 2.45) is 0 Å². The molecule has 2 saturated heterocycles. The topological polar surface area (TPSA) is 94.0 Å². The fraction of sp³-hybridized carbons (Fsp3) is 0.400. The Hall–Kier alpha value is -3.71. The summed E-state index contributed by atoms with van der Waals surface area (Å²) in [5.74, 6) is -0.219. The number of amides is 3. The smallest absolute Gasteiger partial charge is 0.416 e. The van der Waals surface area contributed by atoms with Crippen LogP contribution in [0.5, 0.6) is 5.88 Å². The lowest BCUT2D eigenvalue weighted by Gasteiger charge is -2.36. The minimum atomic E-state index is -4.60. The number of benzene rings is 2. The number of piperidine rings is 1. The zero-order valence-electron chi connectivity index (χ0n) is 24.4. The first-order valence-electron chi connectivity index (χ1n) is 13.8. The number of alkyl halides is 3. The van der Waals surface area contributed by atoms with Crippen molar-refractivity contribution in [3.05, 3.63) is 63.0 Å². The Labute approximate surface area is 260 Å². The molecule has 0 bridgehead atoms. The van der Waals surface area contributed by atoms with Crippen LogP contribution in [0.3, 0.4) is 0 Å². The number of hydrogen-bond donors (Lipinski definition) is 0. The largest absolute Gasteiger partial charge is 0.479 e. The van der Waals surface area contributed by atoms with Crippen molar-refractivity contribution in [2.75, 3.05) is 20.2 Å². The van der Waals surface area contributed by atoms with Gasteiger partial charge in [-0.25, -0.2) is 4.79 Å². The summed E-state index contributed by atoms with van der Waals surface area (Å²) in [6, 6.07) is 8.33. The van der Waals surface area contributed by atoms with Crippen molar-refractivity contribution >= 4 is 57.6 Å². The van der Waals surface area contributed by atoms with Gasteiger partial charge in [0, 0.05) is 24.2 Å². The number of rotatable bonds is 5. The van der Waals surface area contributed by atoms with E-state index in [0.717, 1.165) is 17.8 Å². The molecule has 5 rings (SSSR count). The number of methoxy groups -OCH3 is 1. The van der Waals surface area contributed by atoms with Gasteiger partial charge < -0.3 is 14.4 Å². The van der Waals surface area contributed by atoms with Gasteiger partial charge in [0.1, 0.15) is 5.60 Å². The summed E-state index contributed by atoms with van der Waals surface area (Å²) in [5.41, 5.74) is -0.376. The number of thioether (sulfide) groups is 1. The molecule has 44 heavy (non-hydrogen) atoms. The molecule has 3 aromatic rings. The van der Waals surface area contributed by atoms with E-state index in [1.54, 1.807) is 49.9 Å². The van der Waals surface area contributed by atoms with E-state index < -0.39 is 29.3 Å². The predicted octanol–water partition coefficient (Wildman–Crippen LogP) is 7.20. The average molecular weight is 651 g/mol. The molecule has 2 aliphatic heterocycles. The first-order valence-corrected chi connectivity index (χ1v) is 15.0. The standard InChI is InChI=1S/C30H30ClF3N4O5S/c1-29(2,3)43-27(40)36-11-9-20(10-12-36)38-26(39)24(44-28(38)41)14-17-5-8-23-21(13-17)25(42-4)35-37(23)16-18-6-7-19(31)15-22(18)30(32,33)34/h5-8,13-15,20H,9-12,16H2,1-4H3. The number of likely N-dealkylation sites (tertiary alicyclic amines) is 1. The summed E-state index contributed by atoms with van der Waals surface area (Å²) in [5, 5.41) is 4.48. The van der Waals surface area contributed by atoms with Gasteiger partial charge in [0.25, 0.3) is 11.1 Å². The SMILES string of the molecule is COc1nn(Cc2ccc(Cl)cc2C(F)(F)F)c2ccc(C=C3SC(=O)N(C4CCN(C(=O)OC(C)(C)C)CC4)C3=O)cc12. The molecular formula is C30H30ClF3N4O5S. The number of fused-ring (bicyclic) bond motifs is 1. The van der Waals surface area contributed by atoms with Crippen LogP contribution in [0, 0.1) is 0 Å². The van der Waals surface area contributed by atoms with Crippen LogP contribution in [0.4, 0.5) is 22.8 Å². The number of ether oxygens (including phenoxy) is 2. The Morgan fingerprint density at radius 3 is 2.45 bits per heavy atom. The normalized spacial score (nSPS) is 17.7. The minimum Gasteiger partial charge on any atom is -0.479 e. The van der Waals surface area contributed by atoms with Crippen LogP contribution in [0.25, 0.3) is 17.0 Å². The van der Waals surface area contributed by atoms with E-state index >= 15 is 0 Å². The highest BCUT2D eigenvalue weighted by atomic mass is 35.5. The van der Waals surface area contributed by atoms with E-state index in [9.17, 15) is 27.6 Å². The highest BCUT2D eigenvalue weighted by Crippen LogP contribution is 2.38. The molecule has 2 aliphatic rings. The second kappa shape index (κ2) is 12.0. The monoisotopic (exact) mass is 650 g/mol. The Morgan fingerprint density at radius 2 is 1.82 bits per heavy atom. The molecule has 0 saturated carbocycles. The lowest BCUT2D eigenvalue weighted by atomic mass is 10.0. The number of aromatic nitrogens is 2. The molecule has 234 valence electrons. The molecule has 0 aliphatic carbocycles. The number of imide groups is 1. The highest BCUT2D eigenvalue weighted by Gasteiger charge is 2.41. The molecule has 9 nitrogen and oxygen atoms in total. The summed E-state index contributed by atoms with van der Waals surface area (Å²) in [6.45, 7) is 5.91. The molecule has 0 spiro atoms. The number of carbonyl (C=O) groups is 3. The fourth-order valence-corrected chi connectivity index (χ4v) is 6.29. The van der Waals surface area contributed by atoms with Crippen LogP contribution in [-0.2, 0) is 22.3 Å². The van der Waals surface area contributed by atoms with Crippen molar-refractivity contribution in [3.63, 3.8) is 0 Å². The van der Waals surface area contributed by atoms with Crippen LogP contribution in [0.15, 0.2) is 41.3 Å². The fourth-order valence-electron chi connectivity index (χ4n) is 5.22. The summed E-state index contributed by atoms with van der Waals surface area (Å²) in [6.07, 6.45) is -2.54. The Balaban J connectivity index is 1.34. The molecule has 0 atom stereocenters. The summed E-state index contributed by atoms with van der Waals surface area (Å²) >= 11 is 6.66. The lowest BCUT2D eigenvalue weighted by Crippen LogP contribution is -2.49. The molecule has 3 heterocycles. The number of carbonyl (C=O) groups excluding carboxylic acids is 3. The van der Waals surface area contributed by atoms with Crippen molar-refractivity contribution in [2.45, 2.75) is 58.0 Å². The van der Waals surface area contributed by atoms with Gasteiger partial charge >= 0.3 is 12.3 Å². The average Bonchev–Trinajstić information content (AvgIpc) is 3.43. The second-order valence-corrected chi connectivity index (χ2v) is 12.9. The molecule has 0 unspecified atom stereocenters. The maximum absolute atomic E-state index is 13.7. The van der Waals surface area contributed by atoms with Crippen molar-refractivity contribution in [1.82, 2.24) is 19.6 Å². The van der Waals surface area contributed by atoms with Gasteiger partial charge in [0.15, 0.2) is 0 Å². The quantitative estimate of drug-likeness (QED) is 0.270. The highest BCUT2D eigenvalue weighted by molar-refractivity contribution is 8.18. The van der Waals surface area contributed by atoms with E-state index in [2.05, 4.69) is 5.10 Å². The lowest BCUT2D eigenvalue weighted by molar-refractivity contribution is -0.138. The van der Waals surface area contributed by atoms with Crippen molar-refractivity contribution in [1.29, 1.82) is 0 Å². The molecular weight excluding hydrogens is 621 g/mol. The van der Waals surface area contributed by atoms with Gasteiger partial charge in [-0.1, -0.05) is 23.7 Å². The minimum absolute atomic E-state index is 0.0105. The zero-order chi connectivity index (χ0) is 32.0. The van der Waals surface area contributed by atoms with Crippen LogP contribution in [0.1, 0.15) is 50.3 Å². The second-order valence-electron chi connectivity index (χ2n) is 11.5. The summed E-state index contributed by atoms with van der Waals surface area (Å²) in [7, 11) is 1.40. The van der Waals surface area contributed by atoms with E-state index in [4.69, 9.17) is 21.1 Å². The van der Waals surface area contributed by atoms with Gasteiger partial charge in [0.2, 0.25) is 5.88 Å². The number of halogens is 4. The van der Waals surface area contributed by atoms with Gasteiger partial charge in [0.05, 0.1) is 35.0 Å². The van der Waals surface area contributed by atoms with Crippen LogP contribution in [0.2, 0.25) is 5.02 Å². The first kappa shape index (κ1) is 31.7. The van der Waals surface area contributed by atoms with E-state index in [0.29, 0.717) is 42.4 Å². The molecule has 0 N–H and O–H groups in total. The summed E-state index contributed by atoms with van der Waals surface area (Å²) < 4.78 is 53.3. The maximum atomic E-state index is 13.7. The number of nitrogens with zero attached hydrogens (tertiary/aromatic N) is 4. The Bertz CT molecular complexity index is 1660. The predicted molar refractivity (Wildman–Crippen MR) is 160 cm³/mol. The van der Waals surface area contributed by atoms with Crippen molar-refractivity contribution in [3.8, 4) is 5.88 Å². The molecule has 14 heteroatoms. The zero-order valence-corrected chi connectivity index (χ0v) is 26.0. The van der Waals surface area contributed by atoms with Gasteiger partial charge in [-0.05, 0) is 86.8 Å².